The average Bonchev–Trinajstić information content (AvgIpc) is 3.03. The molecule has 0 aliphatic heterocycles. The molecule has 1 aliphatic rings. The largest absolute Gasteiger partial charge is 0.496 e. The molecule has 1 aromatic heterocycles. The van der Waals surface area contributed by atoms with Crippen LogP contribution < -0.4 is 4.74 Å². The maximum atomic E-state index is 12.4. The quantitative estimate of drug-likeness (QED) is 0.603. The number of ether oxygens (including phenoxy) is 2. The number of carbonyl (C=O) groups excluding carboxylic acids is 2. The third kappa shape index (κ3) is 3.36. The number of esters is 1. The molecule has 0 atom stereocenters. The van der Waals surface area contributed by atoms with Crippen molar-refractivity contribution in [1.82, 2.24) is 0 Å². The van der Waals surface area contributed by atoms with Gasteiger partial charge in [-0.15, -0.1) is 11.3 Å². The topological polar surface area (TPSA) is 52.6 Å². The zero-order valence-electron chi connectivity index (χ0n) is 13.9. The van der Waals surface area contributed by atoms with Gasteiger partial charge in [-0.2, -0.15) is 0 Å². The lowest BCUT2D eigenvalue weighted by Crippen LogP contribution is -2.10. The minimum absolute atomic E-state index is 0.0304. The number of ketones is 1. The summed E-state index contributed by atoms with van der Waals surface area (Å²) in [5.41, 5.74) is 3.12. The summed E-state index contributed by atoms with van der Waals surface area (Å²) < 4.78 is 10.8. The van der Waals surface area contributed by atoms with E-state index in [-0.39, 0.29) is 18.4 Å². The normalized spacial score (nSPS) is 13.2. The summed E-state index contributed by atoms with van der Waals surface area (Å²) in [6.45, 7) is 1.60. The first-order valence-corrected chi connectivity index (χ1v) is 8.92. The highest BCUT2D eigenvalue weighted by Crippen LogP contribution is 2.31. The van der Waals surface area contributed by atoms with E-state index >= 15 is 0 Å². The highest BCUT2D eigenvalue weighted by atomic mass is 32.1. The molecule has 0 saturated carbocycles. The van der Waals surface area contributed by atoms with Gasteiger partial charge in [-0.25, -0.2) is 4.79 Å². The number of rotatable bonds is 5. The summed E-state index contributed by atoms with van der Waals surface area (Å²) in [4.78, 5) is 25.3. The molecule has 0 bridgehead atoms. The van der Waals surface area contributed by atoms with E-state index in [9.17, 15) is 9.59 Å². The lowest BCUT2D eigenvalue weighted by atomic mass is 9.96. The van der Waals surface area contributed by atoms with Crippen LogP contribution in [0.4, 0.5) is 0 Å². The van der Waals surface area contributed by atoms with Crippen LogP contribution in [0.1, 0.15) is 56.5 Å². The van der Waals surface area contributed by atoms with Gasteiger partial charge >= 0.3 is 5.97 Å². The predicted molar refractivity (Wildman–Crippen MR) is 93.1 cm³/mol. The van der Waals surface area contributed by atoms with E-state index in [0.717, 1.165) is 24.8 Å². The van der Waals surface area contributed by atoms with Crippen LogP contribution in [0.2, 0.25) is 0 Å². The number of methoxy groups -OCH3 is 1. The second-order valence-electron chi connectivity index (χ2n) is 5.92. The molecule has 1 heterocycles. The van der Waals surface area contributed by atoms with E-state index in [0.29, 0.717) is 22.4 Å². The molecule has 0 radical (unpaired) electrons. The molecule has 0 spiro atoms. The minimum atomic E-state index is -0.301. The maximum absolute atomic E-state index is 12.4. The number of benzene rings is 1. The molecule has 0 fully saturated rings. The van der Waals surface area contributed by atoms with Crippen molar-refractivity contribution in [2.75, 3.05) is 7.11 Å². The van der Waals surface area contributed by atoms with Crippen molar-refractivity contribution in [2.24, 2.45) is 0 Å². The van der Waals surface area contributed by atoms with Gasteiger partial charge < -0.3 is 9.47 Å². The number of aryl methyl sites for hydroxylation is 1. The van der Waals surface area contributed by atoms with Gasteiger partial charge in [0.05, 0.1) is 12.7 Å². The maximum Gasteiger partial charge on any atom is 0.339 e. The van der Waals surface area contributed by atoms with E-state index < -0.39 is 0 Å². The van der Waals surface area contributed by atoms with Crippen LogP contribution >= 0.6 is 11.3 Å². The Morgan fingerprint density at radius 3 is 2.75 bits per heavy atom. The third-order valence-electron chi connectivity index (χ3n) is 4.33. The number of thiophene rings is 1. The first-order valence-electron chi connectivity index (χ1n) is 8.04. The summed E-state index contributed by atoms with van der Waals surface area (Å²) in [7, 11) is 1.56. The molecule has 2 aromatic rings. The van der Waals surface area contributed by atoms with Gasteiger partial charge in [0.25, 0.3) is 0 Å². The molecule has 0 saturated heterocycles. The monoisotopic (exact) mass is 344 g/mol. The van der Waals surface area contributed by atoms with Gasteiger partial charge in [-0.3, -0.25) is 4.79 Å². The molecule has 1 aliphatic carbocycles. The molecule has 5 heteroatoms. The molecule has 24 heavy (non-hydrogen) atoms. The number of carbonyl (C=O) groups is 2. The summed E-state index contributed by atoms with van der Waals surface area (Å²) in [5.74, 6) is 0.280. The number of Topliss-reactive ketones (excluding diaryl/α,β-unsaturated/α-hetero) is 1. The lowest BCUT2D eigenvalue weighted by molar-refractivity contribution is 0.0469. The van der Waals surface area contributed by atoms with Crippen LogP contribution in [0.5, 0.6) is 5.75 Å². The fraction of sp³-hybridized carbons (Fsp3) is 0.368. The average molecular weight is 344 g/mol. The van der Waals surface area contributed by atoms with Crippen molar-refractivity contribution in [3.05, 3.63) is 50.7 Å². The van der Waals surface area contributed by atoms with Gasteiger partial charge in [-0.05, 0) is 56.4 Å². The van der Waals surface area contributed by atoms with Crippen molar-refractivity contribution >= 4 is 23.1 Å². The molecule has 0 N–H and O–H groups in total. The molecule has 0 unspecified atom stereocenters. The summed E-state index contributed by atoms with van der Waals surface area (Å²) in [5, 5.41) is 1.90. The fourth-order valence-electron chi connectivity index (χ4n) is 3.00. The van der Waals surface area contributed by atoms with Gasteiger partial charge in [-0.1, -0.05) is 0 Å². The Balaban J connectivity index is 1.75. The second-order valence-corrected chi connectivity index (χ2v) is 6.88. The van der Waals surface area contributed by atoms with Crippen LogP contribution in [0, 0.1) is 0 Å². The van der Waals surface area contributed by atoms with Crippen LogP contribution in [0.15, 0.2) is 23.6 Å². The molecule has 4 nitrogen and oxygen atoms in total. The van der Waals surface area contributed by atoms with E-state index in [4.69, 9.17) is 9.47 Å². The molecular weight excluding hydrogens is 324 g/mol. The van der Waals surface area contributed by atoms with E-state index in [1.165, 1.54) is 18.2 Å². The Hall–Kier alpha value is -2.14. The molecule has 1 aromatic carbocycles. The standard InChI is InChI=1S/C19H20O4S/c1-12(20)13-7-8-17(22-2)14(9-13)10-23-19(21)16-11-24-18-6-4-3-5-15(16)18/h7-9,11H,3-6,10H2,1-2H3. The Bertz CT molecular complexity index is 776. The smallest absolute Gasteiger partial charge is 0.339 e. The molecule has 126 valence electrons. The van der Waals surface area contributed by atoms with Gasteiger partial charge in [0.2, 0.25) is 0 Å². The zero-order valence-corrected chi connectivity index (χ0v) is 14.7. The molecule has 0 amide bonds. The summed E-state index contributed by atoms with van der Waals surface area (Å²) >= 11 is 1.65. The second kappa shape index (κ2) is 7.18. The Labute approximate surface area is 145 Å². The van der Waals surface area contributed by atoms with Crippen LogP contribution in [0.25, 0.3) is 0 Å². The predicted octanol–water partition coefficient (Wildman–Crippen LogP) is 4.20. The summed E-state index contributed by atoms with van der Waals surface area (Å²) in [6.07, 6.45) is 4.32. The molecule has 3 rings (SSSR count). The van der Waals surface area contributed by atoms with Crippen LogP contribution in [0.3, 0.4) is 0 Å². The van der Waals surface area contributed by atoms with E-state index in [2.05, 4.69) is 0 Å². The van der Waals surface area contributed by atoms with Crippen molar-refractivity contribution in [3.8, 4) is 5.75 Å². The van der Waals surface area contributed by atoms with Gasteiger partial charge in [0, 0.05) is 21.4 Å². The van der Waals surface area contributed by atoms with Crippen LogP contribution in [-0.2, 0) is 24.2 Å². The van der Waals surface area contributed by atoms with Crippen molar-refractivity contribution in [1.29, 1.82) is 0 Å². The SMILES string of the molecule is COc1ccc(C(C)=O)cc1COC(=O)c1csc2c1CCCC2. The highest BCUT2D eigenvalue weighted by molar-refractivity contribution is 7.10. The van der Waals surface area contributed by atoms with Crippen molar-refractivity contribution in [2.45, 2.75) is 39.2 Å². The Morgan fingerprint density at radius 2 is 2.00 bits per heavy atom. The Morgan fingerprint density at radius 1 is 1.21 bits per heavy atom. The van der Waals surface area contributed by atoms with Crippen LogP contribution in [-0.4, -0.2) is 18.9 Å². The zero-order chi connectivity index (χ0) is 17.1. The first kappa shape index (κ1) is 16.7. The van der Waals surface area contributed by atoms with Crippen molar-refractivity contribution < 1.29 is 19.1 Å². The van der Waals surface area contributed by atoms with Gasteiger partial charge in [0.1, 0.15) is 12.4 Å². The fourth-order valence-corrected chi connectivity index (χ4v) is 4.11. The number of hydrogen-bond acceptors (Lipinski definition) is 5. The van der Waals surface area contributed by atoms with Gasteiger partial charge in [0.15, 0.2) is 5.78 Å². The third-order valence-corrected chi connectivity index (χ3v) is 5.42. The number of fused-ring (bicyclic) bond motifs is 1. The lowest BCUT2D eigenvalue weighted by Gasteiger charge is -2.13. The highest BCUT2D eigenvalue weighted by Gasteiger charge is 2.21. The molecular formula is C19H20O4S. The Kier molecular flexibility index (Phi) is 5.00. The van der Waals surface area contributed by atoms with E-state index in [1.54, 1.807) is 36.6 Å². The van der Waals surface area contributed by atoms with E-state index in [1.807, 2.05) is 5.38 Å². The number of hydrogen-bond donors (Lipinski definition) is 0. The summed E-state index contributed by atoms with van der Waals surface area (Å²) in [6, 6.07) is 5.16. The minimum Gasteiger partial charge on any atom is -0.496 e. The first-order chi connectivity index (χ1) is 11.6. The van der Waals surface area contributed by atoms with Crippen molar-refractivity contribution in [3.63, 3.8) is 0 Å².